The molecule has 0 spiro atoms. The predicted molar refractivity (Wildman–Crippen MR) is 82.0 cm³/mol. The summed E-state index contributed by atoms with van der Waals surface area (Å²) in [5.41, 5.74) is 7.49. The van der Waals surface area contributed by atoms with Crippen molar-refractivity contribution in [2.45, 2.75) is 23.0 Å². The van der Waals surface area contributed by atoms with Crippen LogP contribution in [0.5, 0.6) is 0 Å². The number of rotatable bonds is 3. The summed E-state index contributed by atoms with van der Waals surface area (Å²) in [6, 6.07) is 8.70. The van der Waals surface area contributed by atoms with Crippen molar-refractivity contribution in [1.82, 2.24) is 4.98 Å². The van der Waals surface area contributed by atoms with Crippen molar-refractivity contribution >= 4 is 31.6 Å². The van der Waals surface area contributed by atoms with E-state index >= 15 is 0 Å². The van der Waals surface area contributed by atoms with Crippen LogP contribution in [0.1, 0.15) is 12.8 Å². The molecule has 4 nitrogen and oxygen atoms in total. The Bertz CT molecular complexity index is 753. The van der Waals surface area contributed by atoms with E-state index in [2.05, 4.69) is 20.9 Å². The van der Waals surface area contributed by atoms with E-state index < -0.39 is 9.84 Å². The topological polar surface area (TPSA) is 73.0 Å². The molecule has 1 aliphatic rings. The lowest BCUT2D eigenvalue weighted by Crippen LogP contribution is -2.06. The minimum absolute atomic E-state index is 0.189. The molecule has 1 fully saturated rings. The second-order valence-electron chi connectivity index (χ2n) is 4.86. The summed E-state index contributed by atoms with van der Waals surface area (Å²) in [6.45, 7) is 0. The van der Waals surface area contributed by atoms with Crippen molar-refractivity contribution in [3.63, 3.8) is 0 Å². The molecule has 2 aromatic rings. The molecule has 1 saturated carbocycles. The lowest BCUT2D eigenvalue weighted by molar-refractivity contribution is 0.595. The minimum Gasteiger partial charge on any atom is -0.383 e. The van der Waals surface area contributed by atoms with Gasteiger partial charge in [0.05, 0.1) is 10.1 Å². The first-order valence-electron chi connectivity index (χ1n) is 6.24. The zero-order chi connectivity index (χ0) is 14.3. The fourth-order valence-electron chi connectivity index (χ4n) is 2.08. The Balaban J connectivity index is 1.99. The number of pyridine rings is 1. The van der Waals surface area contributed by atoms with Crippen LogP contribution in [0, 0.1) is 0 Å². The minimum atomic E-state index is -3.14. The van der Waals surface area contributed by atoms with Gasteiger partial charge in [0.2, 0.25) is 0 Å². The molecule has 104 valence electrons. The molecule has 0 unspecified atom stereocenters. The number of nitrogen functional groups attached to an aromatic ring is 1. The standard InChI is InChI=1S/C14H13BrN2O2S/c15-10-7-13(14(16)17-8-10)9-1-3-11(4-2-9)20(18,19)12-5-6-12/h1-4,7-8,12H,5-6H2,(H2,16,17). The maximum Gasteiger partial charge on any atom is 0.181 e. The van der Waals surface area contributed by atoms with Gasteiger partial charge in [-0.1, -0.05) is 12.1 Å². The van der Waals surface area contributed by atoms with Gasteiger partial charge in [-0.2, -0.15) is 0 Å². The van der Waals surface area contributed by atoms with Gasteiger partial charge in [-0.15, -0.1) is 0 Å². The first-order chi connectivity index (χ1) is 9.48. The highest BCUT2D eigenvalue weighted by atomic mass is 79.9. The maximum atomic E-state index is 12.1. The number of anilines is 1. The molecule has 1 aromatic carbocycles. The first-order valence-corrected chi connectivity index (χ1v) is 8.58. The van der Waals surface area contributed by atoms with Crippen molar-refractivity contribution in [2.24, 2.45) is 0 Å². The quantitative estimate of drug-likeness (QED) is 0.921. The zero-order valence-corrected chi connectivity index (χ0v) is 13.0. The second kappa shape index (κ2) is 4.86. The van der Waals surface area contributed by atoms with E-state index in [4.69, 9.17) is 5.73 Å². The predicted octanol–water partition coefficient (Wildman–Crippen LogP) is 3.03. The molecule has 6 heteroatoms. The van der Waals surface area contributed by atoms with Crippen molar-refractivity contribution < 1.29 is 8.42 Å². The van der Waals surface area contributed by atoms with Crippen molar-refractivity contribution in [2.75, 3.05) is 5.73 Å². The smallest absolute Gasteiger partial charge is 0.181 e. The molecule has 0 radical (unpaired) electrons. The summed E-state index contributed by atoms with van der Waals surface area (Å²) in [5, 5.41) is -0.189. The number of hydrogen-bond donors (Lipinski definition) is 1. The van der Waals surface area contributed by atoms with Gasteiger partial charge in [-0.05, 0) is 52.5 Å². The number of halogens is 1. The van der Waals surface area contributed by atoms with Gasteiger partial charge < -0.3 is 5.73 Å². The van der Waals surface area contributed by atoms with E-state index in [9.17, 15) is 8.42 Å². The van der Waals surface area contributed by atoms with Gasteiger partial charge in [-0.3, -0.25) is 0 Å². The number of nitrogens with zero attached hydrogens (tertiary/aromatic N) is 1. The monoisotopic (exact) mass is 352 g/mol. The van der Waals surface area contributed by atoms with Crippen LogP contribution >= 0.6 is 15.9 Å². The molecule has 1 aliphatic carbocycles. The lowest BCUT2D eigenvalue weighted by Gasteiger charge is -2.07. The SMILES string of the molecule is Nc1ncc(Br)cc1-c1ccc(S(=O)(=O)C2CC2)cc1. The van der Waals surface area contributed by atoms with Crippen molar-refractivity contribution in [3.05, 3.63) is 41.0 Å². The molecule has 20 heavy (non-hydrogen) atoms. The normalized spacial score (nSPS) is 15.2. The van der Waals surface area contributed by atoms with Crippen LogP contribution in [0.2, 0.25) is 0 Å². The molecule has 0 atom stereocenters. The van der Waals surface area contributed by atoms with E-state index in [1.165, 1.54) is 0 Å². The Labute approximate surface area is 126 Å². The van der Waals surface area contributed by atoms with E-state index in [1.54, 1.807) is 30.5 Å². The summed E-state index contributed by atoms with van der Waals surface area (Å²) < 4.78 is 25.1. The summed E-state index contributed by atoms with van der Waals surface area (Å²) >= 11 is 3.35. The summed E-state index contributed by atoms with van der Waals surface area (Å²) in [6.07, 6.45) is 3.17. The average molecular weight is 353 g/mol. The molecule has 0 amide bonds. The lowest BCUT2D eigenvalue weighted by atomic mass is 10.1. The highest BCUT2D eigenvalue weighted by molar-refractivity contribution is 9.10. The van der Waals surface area contributed by atoms with Crippen LogP contribution < -0.4 is 5.73 Å². The van der Waals surface area contributed by atoms with Crippen LogP contribution in [0.4, 0.5) is 5.82 Å². The Morgan fingerprint density at radius 2 is 1.85 bits per heavy atom. The van der Waals surface area contributed by atoms with Gasteiger partial charge in [0.25, 0.3) is 0 Å². The van der Waals surface area contributed by atoms with Gasteiger partial charge in [-0.25, -0.2) is 13.4 Å². The van der Waals surface area contributed by atoms with Crippen LogP contribution in [0.3, 0.4) is 0 Å². The Morgan fingerprint density at radius 1 is 1.20 bits per heavy atom. The third kappa shape index (κ3) is 2.45. The maximum absolute atomic E-state index is 12.1. The third-order valence-corrected chi connectivity index (χ3v) is 6.05. The van der Waals surface area contributed by atoms with Crippen LogP contribution in [0.25, 0.3) is 11.1 Å². The van der Waals surface area contributed by atoms with Crippen molar-refractivity contribution in [1.29, 1.82) is 0 Å². The number of nitrogens with two attached hydrogens (primary N) is 1. The molecular weight excluding hydrogens is 340 g/mol. The number of hydrogen-bond acceptors (Lipinski definition) is 4. The van der Waals surface area contributed by atoms with Gasteiger partial charge in [0.15, 0.2) is 9.84 Å². The van der Waals surface area contributed by atoms with E-state index in [-0.39, 0.29) is 5.25 Å². The summed E-state index contributed by atoms with van der Waals surface area (Å²) in [7, 11) is -3.14. The van der Waals surface area contributed by atoms with Crippen molar-refractivity contribution in [3.8, 4) is 11.1 Å². The van der Waals surface area contributed by atoms with Crippen LogP contribution in [0.15, 0.2) is 45.9 Å². The zero-order valence-electron chi connectivity index (χ0n) is 10.6. The van der Waals surface area contributed by atoms with E-state index in [1.807, 2.05) is 6.07 Å². The second-order valence-corrected chi connectivity index (χ2v) is 8.00. The fourth-order valence-corrected chi connectivity index (χ4v) is 4.06. The third-order valence-electron chi connectivity index (χ3n) is 3.34. The molecule has 2 N–H and O–H groups in total. The fraction of sp³-hybridized carbons (Fsp3) is 0.214. The Kier molecular flexibility index (Phi) is 3.30. The van der Waals surface area contributed by atoms with Gasteiger partial charge in [0.1, 0.15) is 5.82 Å². The summed E-state index contributed by atoms with van der Waals surface area (Å²) in [4.78, 5) is 4.46. The largest absolute Gasteiger partial charge is 0.383 e. The molecular formula is C14H13BrN2O2S. The summed E-state index contributed by atoms with van der Waals surface area (Å²) in [5.74, 6) is 0.422. The number of aromatic nitrogens is 1. The molecule has 0 saturated heterocycles. The van der Waals surface area contributed by atoms with E-state index in [0.29, 0.717) is 10.7 Å². The molecule has 3 rings (SSSR count). The molecule has 1 heterocycles. The van der Waals surface area contributed by atoms with Crippen LogP contribution in [-0.2, 0) is 9.84 Å². The Morgan fingerprint density at radius 3 is 2.45 bits per heavy atom. The number of benzene rings is 1. The molecule has 0 aliphatic heterocycles. The highest BCUT2D eigenvalue weighted by Gasteiger charge is 2.36. The molecule has 1 aromatic heterocycles. The Hall–Kier alpha value is -1.40. The first kappa shape index (κ1) is 13.6. The van der Waals surface area contributed by atoms with Crippen LogP contribution in [-0.4, -0.2) is 18.7 Å². The van der Waals surface area contributed by atoms with Gasteiger partial charge >= 0.3 is 0 Å². The van der Waals surface area contributed by atoms with E-state index in [0.717, 1.165) is 28.4 Å². The van der Waals surface area contributed by atoms with Gasteiger partial charge in [0, 0.05) is 16.2 Å². The average Bonchev–Trinajstić information content (AvgIpc) is 3.26. The molecule has 0 bridgehead atoms. The highest BCUT2D eigenvalue weighted by Crippen LogP contribution is 2.34. The number of sulfone groups is 1.